The van der Waals surface area contributed by atoms with Crippen LogP contribution in [0.2, 0.25) is 0 Å². The van der Waals surface area contributed by atoms with Gasteiger partial charge in [-0.3, -0.25) is 9.69 Å². The number of ether oxygens (including phenoxy) is 1. The summed E-state index contributed by atoms with van der Waals surface area (Å²) in [6.07, 6.45) is 0. The lowest BCUT2D eigenvalue weighted by molar-refractivity contribution is -0.148. The van der Waals surface area contributed by atoms with E-state index in [4.69, 9.17) is 15.6 Å². The predicted octanol–water partition coefficient (Wildman–Crippen LogP) is 0.123. The first kappa shape index (κ1) is 18.0. The van der Waals surface area contributed by atoms with Gasteiger partial charge in [-0.25, -0.2) is 14.4 Å². The van der Waals surface area contributed by atoms with Crippen molar-refractivity contribution >= 4 is 35.6 Å². The fraction of sp³-hybridized carbons (Fsp3) is 0.250. The second kappa shape index (κ2) is 6.81. The molecule has 2 aliphatic rings. The van der Waals surface area contributed by atoms with E-state index in [0.717, 1.165) is 4.90 Å². The van der Waals surface area contributed by atoms with E-state index in [1.54, 1.807) is 0 Å². The van der Waals surface area contributed by atoms with Crippen LogP contribution >= 0.6 is 11.8 Å². The number of carbonyl (C=O) groups excluding carboxylic acids is 2. The summed E-state index contributed by atoms with van der Waals surface area (Å²) < 4.78 is 5.10. The van der Waals surface area contributed by atoms with Gasteiger partial charge < -0.3 is 20.7 Å². The Kier molecular flexibility index (Phi) is 4.70. The van der Waals surface area contributed by atoms with Gasteiger partial charge in [0, 0.05) is 11.3 Å². The third-order valence-electron chi connectivity index (χ3n) is 4.05. The SMILES string of the molecule is N[C@@H]1C(=O)N2C(C(=O)O)=C(COC(=O)c3ccccc3C(=O)O)CS[C@H]12. The van der Waals surface area contributed by atoms with Crippen molar-refractivity contribution < 1.29 is 34.1 Å². The molecule has 1 saturated heterocycles. The van der Waals surface area contributed by atoms with Gasteiger partial charge in [-0.05, 0) is 12.1 Å². The fourth-order valence-corrected chi connectivity index (χ4v) is 4.04. The second-order valence-corrected chi connectivity index (χ2v) is 6.72. The number of carboxylic acid groups (broad SMARTS) is 2. The van der Waals surface area contributed by atoms with E-state index in [0.29, 0.717) is 0 Å². The lowest BCUT2D eigenvalue weighted by Crippen LogP contribution is -2.68. The van der Waals surface area contributed by atoms with Crippen LogP contribution in [0.4, 0.5) is 0 Å². The molecule has 0 spiro atoms. The van der Waals surface area contributed by atoms with E-state index in [9.17, 15) is 24.3 Å². The molecule has 2 heterocycles. The Hall–Kier alpha value is -2.85. The number of thioether (sulfide) groups is 1. The molecule has 1 amide bonds. The van der Waals surface area contributed by atoms with Crippen LogP contribution in [0.25, 0.3) is 0 Å². The number of rotatable bonds is 5. The summed E-state index contributed by atoms with van der Waals surface area (Å²) in [4.78, 5) is 47.9. The van der Waals surface area contributed by atoms with Gasteiger partial charge in [-0.15, -0.1) is 11.8 Å². The minimum atomic E-state index is -1.31. The lowest BCUT2D eigenvalue weighted by Gasteiger charge is -2.47. The number of β-lactam (4-membered cyclic amide) rings is 1. The fourth-order valence-electron chi connectivity index (χ4n) is 2.77. The maximum absolute atomic E-state index is 12.2. The van der Waals surface area contributed by atoms with Crippen molar-refractivity contribution in [2.24, 2.45) is 5.73 Å². The Morgan fingerprint density at radius 3 is 2.46 bits per heavy atom. The van der Waals surface area contributed by atoms with Crippen LogP contribution in [-0.2, 0) is 14.3 Å². The first-order valence-electron chi connectivity index (χ1n) is 7.48. The summed E-state index contributed by atoms with van der Waals surface area (Å²) in [7, 11) is 0. The molecule has 0 radical (unpaired) electrons. The summed E-state index contributed by atoms with van der Waals surface area (Å²) in [5.41, 5.74) is 5.32. The Bertz CT molecular complexity index is 851. The molecule has 136 valence electrons. The smallest absolute Gasteiger partial charge is 0.352 e. The molecule has 0 unspecified atom stereocenters. The van der Waals surface area contributed by atoms with Gasteiger partial charge in [0.1, 0.15) is 23.7 Å². The van der Waals surface area contributed by atoms with Crippen molar-refractivity contribution in [3.05, 3.63) is 46.7 Å². The number of carboxylic acids is 2. The van der Waals surface area contributed by atoms with Crippen LogP contribution in [0.3, 0.4) is 0 Å². The van der Waals surface area contributed by atoms with Crippen molar-refractivity contribution in [1.82, 2.24) is 4.90 Å². The Balaban J connectivity index is 1.80. The van der Waals surface area contributed by atoms with Crippen LogP contribution in [0.5, 0.6) is 0 Å². The molecule has 0 saturated carbocycles. The molecular weight excluding hydrogens is 364 g/mol. The largest absolute Gasteiger partial charge is 0.478 e. The highest BCUT2D eigenvalue weighted by atomic mass is 32.2. The molecular formula is C16H14N2O7S. The highest BCUT2D eigenvalue weighted by Crippen LogP contribution is 2.39. The van der Waals surface area contributed by atoms with Crippen LogP contribution in [0, 0.1) is 0 Å². The van der Waals surface area contributed by atoms with E-state index in [1.807, 2.05) is 0 Å². The molecule has 0 aliphatic carbocycles. The zero-order valence-corrected chi connectivity index (χ0v) is 14.1. The van der Waals surface area contributed by atoms with Crippen LogP contribution in [0.1, 0.15) is 20.7 Å². The number of nitrogens with two attached hydrogens (primary N) is 1. The Morgan fingerprint density at radius 1 is 1.19 bits per heavy atom. The van der Waals surface area contributed by atoms with Crippen molar-refractivity contribution in [3.63, 3.8) is 0 Å². The zero-order valence-electron chi connectivity index (χ0n) is 13.2. The zero-order chi connectivity index (χ0) is 19.0. The average molecular weight is 378 g/mol. The number of aromatic carboxylic acids is 1. The molecule has 2 atom stereocenters. The number of fused-ring (bicyclic) bond motifs is 1. The van der Waals surface area contributed by atoms with E-state index in [1.165, 1.54) is 36.0 Å². The first-order chi connectivity index (χ1) is 12.3. The van der Waals surface area contributed by atoms with Gasteiger partial charge in [-0.1, -0.05) is 12.1 Å². The second-order valence-electron chi connectivity index (χ2n) is 5.62. The van der Waals surface area contributed by atoms with Crippen LogP contribution in [-0.4, -0.2) is 62.7 Å². The van der Waals surface area contributed by atoms with Crippen molar-refractivity contribution in [3.8, 4) is 0 Å². The highest BCUT2D eigenvalue weighted by molar-refractivity contribution is 8.00. The van der Waals surface area contributed by atoms with E-state index in [-0.39, 0.29) is 34.8 Å². The van der Waals surface area contributed by atoms with Gasteiger partial charge in [0.2, 0.25) is 5.91 Å². The number of esters is 1. The Labute approximate surface area is 151 Å². The van der Waals surface area contributed by atoms with E-state index >= 15 is 0 Å². The number of carbonyl (C=O) groups is 4. The maximum Gasteiger partial charge on any atom is 0.352 e. The average Bonchev–Trinajstić information content (AvgIpc) is 2.64. The van der Waals surface area contributed by atoms with Crippen molar-refractivity contribution in [2.45, 2.75) is 11.4 Å². The quantitative estimate of drug-likeness (QED) is 0.480. The molecule has 3 rings (SSSR count). The molecule has 1 aromatic carbocycles. The summed E-state index contributed by atoms with van der Waals surface area (Å²) in [5.74, 6) is -3.75. The number of amides is 1. The third-order valence-corrected chi connectivity index (χ3v) is 5.41. The van der Waals surface area contributed by atoms with Gasteiger partial charge >= 0.3 is 17.9 Å². The molecule has 0 bridgehead atoms. The summed E-state index contributed by atoms with van der Waals surface area (Å²) >= 11 is 1.28. The normalized spacial score (nSPS) is 21.7. The Morgan fingerprint density at radius 2 is 1.85 bits per heavy atom. The van der Waals surface area contributed by atoms with E-state index < -0.39 is 35.2 Å². The predicted molar refractivity (Wildman–Crippen MR) is 89.4 cm³/mol. The van der Waals surface area contributed by atoms with Crippen molar-refractivity contribution in [2.75, 3.05) is 12.4 Å². The van der Waals surface area contributed by atoms with Gasteiger partial charge in [0.25, 0.3) is 0 Å². The molecule has 1 fully saturated rings. The third kappa shape index (κ3) is 2.93. The molecule has 4 N–H and O–H groups in total. The van der Waals surface area contributed by atoms with Gasteiger partial charge in [0.15, 0.2) is 0 Å². The first-order valence-corrected chi connectivity index (χ1v) is 8.52. The molecule has 1 aromatic rings. The minimum Gasteiger partial charge on any atom is -0.478 e. The van der Waals surface area contributed by atoms with Crippen molar-refractivity contribution in [1.29, 1.82) is 0 Å². The summed E-state index contributed by atoms with van der Waals surface area (Å²) in [6, 6.07) is 4.79. The number of hydrogen-bond donors (Lipinski definition) is 3. The molecule has 0 aromatic heterocycles. The molecule has 2 aliphatic heterocycles. The summed E-state index contributed by atoms with van der Waals surface area (Å²) in [6.45, 7) is -0.368. The number of nitrogens with zero attached hydrogens (tertiary/aromatic N) is 1. The monoisotopic (exact) mass is 378 g/mol. The minimum absolute atomic E-state index is 0.138. The summed E-state index contributed by atoms with van der Waals surface area (Å²) in [5, 5.41) is 18.1. The number of hydrogen-bond acceptors (Lipinski definition) is 7. The molecule has 10 heteroatoms. The topological polar surface area (TPSA) is 147 Å². The van der Waals surface area contributed by atoms with Crippen LogP contribution in [0.15, 0.2) is 35.5 Å². The standard InChI is InChI=1S/C16H14N2O7S/c17-10-12(19)18-11(15(22)23)7(6-26-13(10)18)5-25-16(24)9-4-2-1-3-8(9)14(20)21/h1-4,10,13H,5-6,17H2,(H,20,21)(H,22,23)/t10-,13-/m1/s1. The highest BCUT2D eigenvalue weighted by Gasteiger charge is 2.51. The molecule has 9 nitrogen and oxygen atoms in total. The number of benzene rings is 1. The van der Waals surface area contributed by atoms with Crippen LogP contribution < -0.4 is 5.73 Å². The van der Waals surface area contributed by atoms with Gasteiger partial charge in [-0.2, -0.15) is 0 Å². The molecule has 26 heavy (non-hydrogen) atoms. The van der Waals surface area contributed by atoms with E-state index in [2.05, 4.69) is 0 Å². The number of aliphatic carboxylic acids is 1. The lowest BCUT2D eigenvalue weighted by atomic mass is 10.0. The maximum atomic E-state index is 12.2. The van der Waals surface area contributed by atoms with Gasteiger partial charge in [0.05, 0.1) is 11.1 Å².